The van der Waals surface area contributed by atoms with Crippen molar-refractivity contribution in [2.75, 3.05) is 18.4 Å². The number of carbonyl (C=O) groups excluding carboxylic acids is 1. The minimum absolute atomic E-state index is 0.0691. The minimum Gasteiger partial charge on any atom is -0.326 e. The summed E-state index contributed by atoms with van der Waals surface area (Å²) in [7, 11) is 0. The van der Waals surface area contributed by atoms with Crippen LogP contribution in [0.4, 0.5) is 5.69 Å². The van der Waals surface area contributed by atoms with E-state index in [0.29, 0.717) is 12.3 Å². The van der Waals surface area contributed by atoms with Gasteiger partial charge >= 0.3 is 0 Å². The summed E-state index contributed by atoms with van der Waals surface area (Å²) in [5, 5.41) is 13.8. The van der Waals surface area contributed by atoms with Crippen LogP contribution in [0.15, 0.2) is 36.9 Å². The highest BCUT2D eigenvalue weighted by Crippen LogP contribution is 2.17. The summed E-state index contributed by atoms with van der Waals surface area (Å²) in [5.41, 5.74) is 1.72. The van der Waals surface area contributed by atoms with Crippen LogP contribution in [0.1, 0.15) is 12.8 Å². The fourth-order valence-electron chi connectivity index (χ4n) is 2.44. The number of hydrogen-bond acceptors (Lipinski definition) is 4. The van der Waals surface area contributed by atoms with Crippen LogP contribution in [-0.2, 0) is 4.79 Å². The smallest absolute Gasteiger partial charge is 0.224 e. The Morgan fingerprint density at radius 1 is 1.40 bits per heavy atom. The fraction of sp³-hybridized carbons (Fsp3) is 0.357. The molecular weight excluding hydrogens is 254 g/mol. The number of nitrogens with zero attached hydrogens (tertiary/aromatic N) is 3. The van der Waals surface area contributed by atoms with Gasteiger partial charge in [0, 0.05) is 12.1 Å². The summed E-state index contributed by atoms with van der Waals surface area (Å²) in [6, 6.07) is 7.65. The summed E-state index contributed by atoms with van der Waals surface area (Å²) in [4.78, 5) is 12.0. The van der Waals surface area contributed by atoms with E-state index >= 15 is 0 Å². The number of nitrogens with one attached hydrogen (secondary N) is 2. The second-order valence-electron chi connectivity index (χ2n) is 5.03. The van der Waals surface area contributed by atoms with E-state index in [9.17, 15) is 4.79 Å². The Balaban J connectivity index is 1.65. The molecule has 6 nitrogen and oxygen atoms in total. The SMILES string of the molecule is O=C(CC1CCNC1)Nc1cccc(-n2cnnc2)c1. The van der Waals surface area contributed by atoms with Crippen LogP contribution < -0.4 is 10.6 Å². The van der Waals surface area contributed by atoms with Crippen LogP contribution in [0.5, 0.6) is 0 Å². The standard InChI is InChI=1S/C14H17N5O/c20-14(6-11-4-5-15-8-11)18-12-2-1-3-13(7-12)19-9-16-17-10-19/h1-3,7,9-11,15H,4-6,8H2,(H,18,20). The molecule has 1 saturated heterocycles. The van der Waals surface area contributed by atoms with Crippen molar-refractivity contribution in [2.24, 2.45) is 5.92 Å². The van der Waals surface area contributed by atoms with E-state index in [0.717, 1.165) is 30.9 Å². The normalized spacial score (nSPS) is 18.1. The lowest BCUT2D eigenvalue weighted by molar-refractivity contribution is -0.116. The molecule has 6 heteroatoms. The van der Waals surface area contributed by atoms with Gasteiger partial charge in [-0.05, 0) is 43.6 Å². The van der Waals surface area contributed by atoms with Crippen LogP contribution in [0.3, 0.4) is 0 Å². The number of anilines is 1. The molecule has 20 heavy (non-hydrogen) atoms. The van der Waals surface area contributed by atoms with Crippen molar-refractivity contribution in [3.63, 3.8) is 0 Å². The van der Waals surface area contributed by atoms with Crippen LogP contribution in [0.25, 0.3) is 5.69 Å². The van der Waals surface area contributed by atoms with Crippen molar-refractivity contribution >= 4 is 11.6 Å². The van der Waals surface area contributed by atoms with Gasteiger partial charge in [-0.15, -0.1) is 10.2 Å². The van der Waals surface area contributed by atoms with Gasteiger partial charge in [-0.25, -0.2) is 0 Å². The molecule has 2 aromatic rings. The lowest BCUT2D eigenvalue weighted by Crippen LogP contribution is -2.18. The van der Waals surface area contributed by atoms with E-state index in [4.69, 9.17) is 0 Å². The van der Waals surface area contributed by atoms with E-state index < -0.39 is 0 Å². The molecule has 0 saturated carbocycles. The molecule has 1 atom stereocenters. The molecule has 1 unspecified atom stereocenters. The van der Waals surface area contributed by atoms with Gasteiger partial charge in [0.2, 0.25) is 5.91 Å². The molecule has 1 fully saturated rings. The van der Waals surface area contributed by atoms with Gasteiger partial charge in [0.25, 0.3) is 0 Å². The number of rotatable bonds is 4. The number of carbonyl (C=O) groups is 1. The van der Waals surface area contributed by atoms with E-state index in [1.807, 2.05) is 24.3 Å². The predicted octanol–water partition coefficient (Wildman–Crippen LogP) is 1.21. The van der Waals surface area contributed by atoms with Crippen molar-refractivity contribution in [3.05, 3.63) is 36.9 Å². The largest absolute Gasteiger partial charge is 0.326 e. The zero-order chi connectivity index (χ0) is 13.8. The molecule has 1 amide bonds. The molecule has 0 spiro atoms. The van der Waals surface area contributed by atoms with Crippen molar-refractivity contribution < 1.29 is 4.79 Å². The van der Waals surface area contributed by atoms with Gasteiger partial charge in [-0.1, -0.05) is 6.07 Å². The maximum atomic E-state index is 12.0. The third kappa shape index (κ3) is 3.03. The third-order valence-electron chi connectivity index (χ3n) is 3.48. The highest BCUT2D eigenvalue weighted by molar-refractivity contribution is 5.91. The van der Waals surface area contributed by atoms with Crippen LogP contribution >= 0.6 is 0 Å². The predicted molar refractivity (Wildman–Crippen MR) is 75.6 cm³/mol. The topological polar surface area (TPSA) is 71.8 Å². The molecule has 1 aromatic heterocycles. The second-order valence-corrected chi connectivity index (χ2v) is 5.03. The maximum Gasteiger partial charge on any atom is 0.224 e. The van der Waals surface area contributed by atoms with Gasteiger partial charge in [-0.2, -0.15) is 0 Å². The molecular formula is C14H17N5O. The Morgan fingerprint density at radius 3 is 3.00 bits per heavy atom. The van der Waals surface area contributed by atoms with Gasteiger partial charge in [0.15, 0.2) is 0 Å². The third-order valence-corrected chi connectivity index (χ3v) is 3.48. The Morgan fingerprint density at radius 2 is 2.25 bits per heavy atom. The quantitative estimate of drug-likeness (QED) is 0.876. The average Bonchev–Trinajstić information content (AvgIpc) is 3.11. The molecule has 0 aliphatic carbocycles. The van der Waals surface area contributed by atoms with Gasteiger partial charge in [0.05, 0.1) is 5.69 Å². The number of aromatic nitrogens is 3. The number of amides is 1. The average molecular weight is 271 g/mol. The van der Waals surface area contributed by atoms with E-state index in [1.165, 1.54) is 0 Å². The van der Waals surface area contributed by atoms with Crippen LogP contribution in [-0.4, -0.2) is 33.8 Å². The van der Waals surface area contributed by atoms with Crippen molar-refractivity contribution in [1.29, 1.82) is 0 Å². The zero-order valence-electron chi connectivity index (χ0n) is 11.1. The van der Waals surface area contributed by atoms with Crippen LogP contribution in [0.2, 0.25) is 0 Å². The molecule has 0 radical (unpaired) electrons. The summed E-state index contributed by atoms with van der Waals surface area (Å²) in [6.07, 6.45) is 4.91. The molecule has 2 N–H and O–H groups in total. The first-order valence-electron chi connectivity index (χ1n) is 6.77. The zero-order valence-corrected chi connectivity index (χ0v) is 11.1. The molecule has 3 rings (SSSR count). The Hall–Kier alpha value is -2.21. The van der Waals surface area contributed by atoms with Gasteiger partial charge in [0.1, 0.15) is 12.7 Å². The summed E-state index contributed by atoms with van der Waals surface area (Å²) < 4.78 is 1.80. The Bertz CT molecular complexity index is 575. The molecule has 104 valence electrons. The van der Waals surface area contributed by atoms with E-state index in [2.05, 4.69) is 20.8 Å². The first kappa shape index (κ1) is 12.8. The van der Waals surface area contributed by atoms with Gasteiger partial charge < -0.3 is 10.6 Å². The molecule has 0 bridgehead atoms. The van der Waals surface area contributed by atoms with E-state index in [-0.39, 0.29) is 5.91 Å². The lowest BCUT2D eigenvalue weighted by atomic mass is 10.0. The maximum absolute atomic E-state index is 12.0. The minimum atomic E-state index is 0.0691. The number of benzene rings is 1. The highest BCUT2D eigenvalue weighted by atomic mass is 16.1. The lowest BCUT2D eigenvalue weighted by Gasteiger charge is -2.10. The molecule has 1 aliphatic heterocycles. The highest BCUT2D eigenvalue weighted by Gasteiger charge is 2.18. The van der Waals surface area contributed by atoms with Crippen molar-refractivity contribution in [3.8, 4) is 5.69 Å². The first-order valence-corrected chi connectivity index (χ1v) is 6.77. The van der Waals surface area contributed by atoms with Gasteiger partial charge in [-0.3, -0.25) is 9.36 Å². The Labute approximate surface area is 117 Å². The van der Waals surface area contributed by atoms with Crippen molar-refractivity contribution in [1.82, 2.24) is 20.1 Å². The Kier molecular flexibility index (Phi) is 3.73. The van der Waals surface area contributed by atoms with E-state index in [1.54, 1.807) is 17.2 Å². The second kappa shape index (κ2) is 5.83. The summed E-state index contributed by atoms with van der Waals surface area (Å²) in [6.45, 7) is 1.95. The fourth-order valence-corrected chi connectivity index (χ4v) is 2.44. The molecule has 2 heterocycles. The summed E-state index contributed by atoms with van der Waals surface area (Å²) >= 11 is 0. The summed E-state index contributed by atoms with van der Waals surface area (Å²) in [5.74, 6) is 0.524. The number of hydrogen-bond donors (Lipinski definition) is 2. The monoisotopic (exact) mass is 271 g/mol. The van der Waals surface area contributed by atoms with Crippen LogP contribution in [0, 0.1) is 5.92 Å². The molecule has 1 aliphatic rings. The first-order chi connectivity index (χ1) is 9.81. The van der Waals surface area contributed by atoms with Crippen molar-refractivity contribution in [2.45, 2.75) is 12.8 Å². The molecule has 1 aromatic carbocycles.